The number of rotatable bonds is 9. The minimum atomic E-state index is -0.862. The Hall–Kier alpha value is -4.20. The second-order valence-corrected chi connectivity index (χ2v) is 8.61. The van der Waals surface area contributed by atoms with Gasteiger partial charge in [-0.15, -0.1) is 0 Å². The van der Waals surface area contributed by atoms with Crippen LogP contribution in [0.15, 0.2) is 64.2 Å². The lowest BCUT2D eigenvalue weighted by molar-refractivity contribution is -0.141. The molecule has 4 rings (SSSR count). The van der Waals surface area contributed by atoms with Crippen LogP contribution in [0.25, 0.3) is 10.8 Å². The van der Waals surface area contributed by atoms with Gasteiger partial charge in [-0.05, 0) is 49.9 Å². The van der Waals surface area contributed by atoms with Crippen molar-refractivity contribution in [2.45, 2.75) is 39.3 Å². The van der Waals surface area contributed by atoms with Gasteiger partial charge in [-0.1, -0.05) is 36.4 Å². The summed E-state index contributed by atoms with van der Waals surface area (Å²) >= 11 is 0. The number of nitrogens with one attached hydrogen (secondary N) is 2. The number of aromatic nitrogens is 1. The first-order valence-corrected chi connectivity index (χ1v) is 11.3. The van der Waals surface area contributed by atoms with Crippen LogP contribution < -0.4 is 26.2 Å². The Labute approximate surface area is 202 Å². The molecule has 180 valence electrons. The zero-order chi connectivity index (χ0) is 25.1. The highest BCUT2D eigenvalue weighted by Gasteiger charge is 2.29. The lowest BCUT2D eigenvalue weighted by Gasteiger charge is -2.21. The molecule has 0 unspecified atom stereocenters. The van der Waals surface area contributed by atoms with Crippen LogP contribution in [0, 0.1) is 6.92 Å². The Kier molecular flexibility index (Phi) is 6.82. The number of ether oxygens (including phenoxy) is 2. The Bertz CT molecular complexity index is 1440. The monoisotopic (exact) mass is 473 g/mol. The van der Waals surface area contributed by atoms with E-state index in [1.54, 1.807) is 13.8 Å². The number of hydrogen-bond acceptors (Lipinski definition) is 8. The highest BCUT2D eigenvalue weighted by molar-refractivity contribution is 5.93. The number of methoxy groups -OCH3 is 1. The number of aryl methyl sites for hydroxylation is 1. The molecule has 2 N–H and O–H groups in total. The van der Waals surface area contributed by atoms with Crippen molar-refractivity contribution in [1.29, 1.82) is 0 Å². The molecular weight excluding hydrogens is 446 g/mol. The standard InChI is InChI=1S/C27H27N3O5/c1-15(2)35-25-22(23(31)24(25)32)30-21(27(33)34-4)14-17-9-11-19(12-10-17)29-26-20-8-6-5-7-18(20)13-16(3)28-26/h5-13,15,21,30H,14H2,1-4H3,(H,28,29)/t21-/m0/s1. The third-order valence-corrected chi connectivity index (χ3v) is 5.55. The van der Waals surface area contributed by atoms with E-state index in [-0.39, 0.29) is 24.0 Å². The van der Waals surface area contributed by atoms with Crippen LogP contribution in [-0.4, -0.2) is 30.2 Å². The van der Waals surface area contributed by atoms with Gasteiger partial charge in [-0.3, -0.25) is 9.59 Å². The molecule has 3 aromatic carbocycles. The van der Waals surface area contributed by atoms with Crippen molar-refractivity contribution in [3.8, 4) is 5.75 Å². The molecule has 4 aromatic rings. The number of carbonyl (C=O) groups excluding carboxylic acids is 1. The first kappa shape index (κ1) is 23.9. The van der Waals surface area contributed by atoms with Crippen LogP contribution in [0.3, 0.4) is 0 Å². The minimum Gasteiger partial charge on any atom is -0.485 e. The number of nitrogens with zero attached hydrogens (tertiary/aromatic N) is 1. The molecule has 1 atom stereocenters. The summed E-state index contributed by atoms with van der Waals surface area (Å²) in [6.45, 7) is 5.46. The number of carbonyl (C=O) groups is 1. The Balaban J connectivity index is 1.52. The van der Waals surface area contributed by atoms with E-state index in [0.29, 0.717) is 0 Å². The Morgan fingerprint density at radius 2 is 1.74 bits per heavy atom. The van der Waals surface area contributed by atoms with E-state index in [9.17, 15) is 14.4 Å². The summed E-state index contributed by atoms with van der Waals surface area (Å²) in [7, 11) is 1.27. The topological polar surface area (TPSA) is 107 Å². The maximum absolute atomic E-state index is 12.4. The molecular formula is C27H27N3O5. The summed E-state index contributed by atoms with van der Waals surface area (Å²) in [5.74, 6) is 0.169. The second kappa shape index (κ2) is 9.97. The highest BCUT2D eigenvalue weighted by atomic mass is 16.5. The highest BCUT2D eigenvalue weighted by Crippen LogP contribution is 2.26. The molecule has 35 heavy (non-hydrogen) atoms. The van der Waals surface area contributed by atoms with Gasteiger partial charge in [0.15, 0.2) is 5.75 Å². The van der Waals surface area contributed by atoms with Crippen LogP contribution in [-0.2, 0) is 16.0 Å². The maximum atomic E-state index is 12.4. The summed E-state index contributed by atoms with van der Waals surface area (Å²) in [6.07, 6.45) is -0.0334. The number of hydrogen-bond donors (Lipinski definition) is 2. The molecule has 0 amide bonds. The summed E-state index contributed by atoms with van der Waals surface area (Å²) in [4.78, 5) is 41.0. The lowest BCUT2D eigenvalue weighted by atomic mass is 10.0. The van der Waals surface area contributed by atoms with Crippen LogP contribution in [0.2, 0.25) is 0 Å². The predicted molar refractivity (Wildman–Crippen MR) is 136 cm³/mol. The molecule has 0 fully saturated rings. The minimum absolute atomic E-state index is 0.00906. The van der Waals surface area contributed by atoms with Crippen molar-refractivity contribution in [2.75, 3.05) is 17.7 Å². The third-order valence-electron chi connectivity index (χ3n) is 5.55. The SMILES string of the molecule is COC(=O)[C@H](Cc1ccc(Nc2nc(C)cc3ccccc23)cc1)Nc1c(OC(C)C)c(=O)c1=O. The summed E-state index contributed by atoms with van der Waals surface area (Å²) in [6, 6.07) is 16.8. The number of fused-ring (bicyclic) bond motifs is 1. The van der Waals surface area contributed by atoms with Gasteiger partial charge in [-0.2, -0.15) is 0 Å². The van der Waals surface area contributed by atoms with Crippen LogP contribution >= 0.6 is 0 Å². The van der Waals surface area contributed by atoms with E-state index in [4.69, 9.17) is 9.47 Å². The fourth-order valence-electron chi connectivity index (χ4n) is 3.88. The predicted octanol–water partition coefficient (Wildman–Crippen LogP) is 3.87. The zero-order valence-electron chi connectivity index (χ0n) is 20.0. The first-order valence-electron chi connectivity index (χ1n) is 11.3. The molecule has 0 aliphatic heterocycles. The average molecular weight is 474 g/mol. The first-order chi connectivity index (χ1) is 16.8. The van der Waals surface area contributed by atoms with E-state index in [1.165, 1.54) is 7.11 Å². The van der Waals surface area contributed by atoms with Crippen molar-refractivity contribution in [3.05, 3.63) is 86.3 Å². The van der Waals surface area contributed by atoms with Gasteiger partial charge < -0.3 is 20.1 Å². The number of benzene rings is 2. The smallest absolute Gasteiger partial charge is 0.328 e. The van der Waals surface area contributed by atoms with E-state index in [0.717, 1.165) is 33.5 Å². The van der Waals surface area contributed by atoms with Crippen molar-refractivity contribution >= 4 is 33.9 Å². The van der Waals surface area contributed by atoms with Gasteiger partial charge in [-0.25, -0.2) is 9.78 Å². The Morgan fingerprint density at radius 3 is 2.43 bits per heavy atom. The van der Waals surface area contributed by atoms with Crippen molar-refractivity contribution in [2.24, 2.45) is 0 Å². The van der Waals surface area contributed by atoms with E-state index in [1.807, 2.05) is 61.5 Å². The van der Waals surface area contributed by atoms with Crippen LogP contribution in [0.4, 0.5) is 17.2 Å². The van der Waals surface area contributed by atoms with Crippen LogP contribution in [0.1, 0.15) is 25.1 Å². The quantitative estimate of drug-likeness (QED) is 0.279. The van der Waals surface area contributed by atoms with Gasteiger partial charge in [0.1, 0.15) is 17.5 Å². The van der Waals surface area contributed by atoms with E-state index in [2.05, 4.69) is 15.6 Å². The van der Waals surface area contributed by atoms with Crippen molar-refractivity contribution < 1.29 is 14.3 Å². The molecule has 0 bridgehead atoms. The van der Waals surface area contributed by atoms with Gasteiger partial charge in [0.05, 0.1) is 13.2 Å². The number of anilines is 3. The fourth-order valence-corrected chi connectivity index (χ4v) is 3.88. The molecule has 8 heteroatoms. The number of pyridine rings is 1. The summed E-state index contributed by atoms with van der Waals surface area (Å²) < 4.78 is 10.3. The largest absolute Gasteiger partial charge is 0.485 e. The Morgan fingerprint density at radius 1 is 1.03 bits per heavy atom. The molecule has 0 aliphatic carbocycles. The molecule has 0 saturated heterocycles. The maximum Gasteiger partial charge on any atom is 0.328 e. The van der Waals surface area contributed by atoms with E-state index >= 15 is 0 Å². The molecule has 0 radical (unpaired) electrons. The average Bonchev–Trinajstić information content (AvgIpc) is 2.85. The van der Waals surface area contributed by atoms with Gasteiger partial charge >= 0.3 is 5.97 Å². The molecule has 0 aliphatic rings. The lowest BCUT2D eigenvalue weighted by Crippen LogP contribution is -2.42. The van der Waals surface area contributed by atoms with E-state index < -0.39 is 22.9 Å². The van der Waals surface area contributed by atoms with Crippen molar-refractivity contribution in [1.82, 2.24) is 4.98 Å². The van der Waals surface area contributed by atoms with Gasteiger partial charge in [0.25, 0.3) is 10.9 Å². The van der Waals surface area contributed by atoms with Gasteiger partial charge in [0.2, 0.25) is 0 Å². The zero-order valence-corrected chi connectivity index (χ0v) is 20.0. The molecule has 1 aromatic heterocycles. The molecule has 1 heterocycles. The third kappa shape index (κ3) is 5.16. The number of esters is 1. The summed E-state index contributed by atoms with van der Waals surface area (Å²) in [5, 5.41) is 8.34. The second-order valence-electron chi connectivity index (χ2n) is 8.61. The normalized spacial score (nSPS) is 12.0. The molecule has 0 spiro atoms. The fraction of sp³-hybridized carbons (Fsp3) is 0.259. The molecule has 0 saturated carbocycles. The summed E-state index contributed by atoms with van der Waals surface area (Å²) in [5.41, 5.74) is 1.20. The van der Waals surface area contributed by atoms with Crippen LogP contribution in [0.5, 0.6) is 5.75 Å². The molecule has 8 nitrogen and oxygen atoms in total. The van der Waals surface area contributed by atoms with Gasteiger partial charge in [0, 0.05) is 23.2 Å². The van der Waals surface area contributed by atoms with Crippen molar-refractivity contribution in [3.63, 3.8) is 0 Å².